The second-order valence-corrected chi connectivity index (χ2v) is 5.09. The molecule has 0 aliphatic rings. The van der Waals surface area contributed by atoms with Crippen LogP contribution in [0.2, 0.25) is 0 Å². The van der Waals surface area contributed by atoms with Crippen LogP contribution < -0.4 is 0 Å². The number of carbonyl (C=O) groups is 1. The molecule has 0 saturated carbocycles. The van der Waals surface area contributed by atoms with Crippen molar-refractivity contribution in [1.82, 2.24) is 4.90 Å². The van der Waals surface area contributed by atoms with E-state index in [1.807, 2.05) is 18.2 Å². The van der Waals surface area contributed by atoms with E-state index in [1.165, 1.54) is 0 Å². The summed E-state index contributed by atoms with van der Waals surface area (Å²) in [5.41, 5.74) is 1.56. The Morgan fingerprint density at radius 1 is 1.48 bits per heavy atom. The molecule has 0 aliphatic carbocycles. The average Bonchev–Trinajstić information content (AvgIpc) is 2.47. The summed E-state index contributed by atoms with van der Waals surface area (Å²) >= 11 is 0. The summed E-state index contributed by atoms with van der Waals surface area (Å²) in [5, 5.41) is 18.2. The quantitative estimate of drug-likeness (QED) is 0.705. The van der Waals surface area contributed by atoms with Gasteiger partial charge in [0.1, 0.15) is 0 Å². The first-order valence-electron chi connectivity index (χ1n) is 7.00. The number of hydrogen-bond donors (Lipinski definition) is 1. The molecule has 5 heteroatoms. The minimum atomic E-state index is -0.805. The first-order chi connectivity index (χ1) is 10.1. The van der Waals surface area contributed by atoms with E-state index in [-0.39, 0.29) is 0 Å². The van der Waals surface area contributed by atoms with Crippen molar-refractivity contribution in [2.24, 2.45) is 5.92 Å². The Morgan fingerprint density at radius 2 is 2.19 bits per heavy atom. The van der Waals surface area contributed by atoms with Gasteiger partial charge in [-0.25, -0.2) is 0 Å². The maximum Gasteiger partial charge on any atom is 0.307 e. The summed E-state index contributed by atoms with van der Waals surface area (Å²) in [4.78, 5) is 13.1. The Balaban J connectivity index is 2.75. The van der Waals surface area contributed by atoms with Crippen molar-refractivity contribution >= 4 is 5.97 Å². The van der Waals surface area contributed by atoms with Crippen LogP contribution in [0.15, 0.2) is 24.3 Å². The Morgan fingerprint density at radius 3 is 2.81 bits per heavy atom. The van der Waals surface area contributed by atoms with Gasteiger partial charge in [0.05, 0.1) is 17.6 Å². The lowest BCUT2D eigenvalue weighted by atomic mass is 10.1. The van der Waals surface area contributed by atoms with E-state index in [0.717, 1.165) is 18.5 Å². The molecule has 1 N–H and O–H groups in total. The van der Waals surface area contributed by atoms with Crippen molar-refractivity contribution < 1.29 is 14.6 Å². The minimum Gasteiger partial charge on any atom is -0.481 e. The van der Waals surface area contributed by atoms with E-state index in [9.17, 15) is 4.79 Å². The third-order valence-electron chi connectivity index (χ3n) is 3.31. The van der Waals surface area contributed by atoms with Gasteiger partial charge in [-0.3, -0.25) is 9.69 Å². The van der Waals surface area contributed by atoms with Gasteiger partial charge in [-0.15, -0.1) is 0 Å². The molecule has 0 amide bonds. The van der Waals surface area contributed by atoms with Gasteiger partial charge < -0.3 is 9.84 Å². The van der Waals surface area contributed by atoms with Gasteiger partial charge in [0, 0.05) is 33.4 Å². The third kappa shape index (κ3) is 5.94. The summed E-state index contributed by atoms with van der Waals surface area (Å²) in [5.74, 6) is -1.25. The molecule has 0 spiro atoms. The number of methoxy groups -OCH3 is 1. The van der Waals surface area contributed by atoms with Gasteiger partial charge >= 0.3 is 5.97 Å². The van der Waals surface area contributed by atoms with Gasteiger partial charge in [-0.2, -0.15) is 5.26 Å². The highest BCUT2D eigenvalue weighted by Crippen LogP contribution is 2.13. The van der Waals surface area contributed by atoms with Crippen molar-refractivity contribution in [3.05, 3.63) is 35.4 Å². The molecular formula is C16H22N2O3. The Labute approximate surface area is 125 Å². The SMILES string of the molecule is COCCCN(Cc1ccccc1C#N)CC(C)C(=O)O. The minimum absolute atomic E-state index is 0.443. The molecule has 0 heterocycles. The third-order valence-corrected chi connectivity index (χ3v) is 3.31. The van der Waals surface area contributed by atoms with Crippen LogP contribution >= 0.6 is 0 Å². The predicted octanol–water partition coefficient (Wildman–Crippen LogP) is 2.12. The first kappa shape index (κ1) is 17.2. The predicted molar refractivity (Wildman–Crippen MR) is 79.7 cm³/mol. The van der Waals surface area contributed by atoms with E-state index in [2.05, 4.69) is 11.0 Å². The normalized spacial score (nSPS) is 12.1. The van der Waals surface area contributed by atoms with Crippen LogP contribution in [0.1, 0.15) is 24.5 Å². The van der Waals surface area contributed by atoms with E-state index < -0.39 is 11.9 Å². The summed E-state index contributed by atoms with van der Waals surface area (Å²) in [6.45, 7) is 4.11. The van der Waals surface area contributed by atoms with Crippen molar-refractivity contribution in [2.45, 2.75) is 19.9 Å². The Kier molecular flexibility index (Phi) is 7.44. The molecule has 114 valence electrons. The maximum absolute atomic E-state index is 11.0. The van der Waals surface area contributed by atoms with Crippen LogP contribution in [0.3, 0.4) is 0 Å². The second-order valence-electron chi connectivity index (χ2n) is 5.09. The summed E-state index contributed by atoms with van der Waals surface area (Å²) in [6.07, 6.45) is 0.831. The summed E-state index contributed by atoms with van der Waals surface area (Å²) in [7, 11) is 1.65. The Bertz CT molecular complexity index is 497. The summed E-state index contributed by atoms with van der Waals surface area (Å²) < 4.78 is 5.04. The van der Waals surface area contributed by atoms with Crippen molar-refractivity contribution in [1.29, 1.82) is 5.26 Å². The second kappa shape index (κ2) is 9.11. The molecule has 1 aromatic rings. The molecule has 0 radical (unpaired) electrons. The van der Waals surface area contributed by atoms with Crippen LogP contribution in [0.25, 0.3) is 0 Å². The largest absolute Gasteiger partial charge is 0.481 e. The fourth-order valence-corrected chi connectivity index (χ4v) is 2.14. The fourth-order valence-electron chi connectivity index (χ4n) is 2.14. The number of carboxylic acid groups (broad SMARTS) is 1. The molecule has 0 fully saturated rings. The van der Waals surface area contributed by atoms with E-state index in [0.29, 0.717) is 25.3 Å². The van der Waals surface area contributed by atoms with Crippen LogP contribution in [-0.2, 0) is 16.1 Å². The zero-order chi connectivity index (χ0) is 15.7. The number of rotatable bonds is 9. The fraction of sp³-hybridized carbons (Fsp3) is 0.500. The van der Waals surface area contributed by atoms with E-state index in [4.69, 9.17) is 15.1 Å². The lowest BCUT2D eigenvalue weighted by molar-refractivity contribution is -0.141. The molecule has 21 heavy (non-hydrogen) atoms. The topological polar surface area (TPSA) is 73.6 Å². The molecule has 1 aromatic carbocycles. The number of ether oxygens (including phenoxy) is 1. The number of benzene rings is 1. The first-order valence-corrected chi connectivity index (χ1v) is 7.00. The van der Waals surface area contributed by atoms with Crippen LogP contribution in [0, 0.1) is 17.2 Å². The smallest absolute Gasteiger partial charge is 0.307 e. The molecule has 1 rings (SSSR count). The molecule has 0 aliphatic heterocycles. The zero-order valence-electron chi connectivity index (χ0n) is 12.6. The summed E-state index contributed by atoms with van der Waals surface area (Å²) in [6, 6.07) is 9.59. The van der Waals surface area contributed by atoms with Crippen LogP contribution in [-0.4, -0.2) is 42.8 Å². The van der Waals surface area contributed by atoms with Crippen molar-refractivity contribution in [2.75, 3.05) is 26.8 Å². The Hall–Kier alpha value is -1.90. The molecule has 0 aromatic heterocycles. The lowest BCUT2D eigenvalue weighted by Gasteiger charge is -2.24. The van der Waals surface area contributed by atoms with E-state index >= 15 is 0 Å². The van der Waals surface area contributed by atoms with Crippen LogP contribution in [0.5, 0.6) is 0 Å². The molecule has 5 nitrogen and oxygen atoms in total. The molecule has 1 atom stereocenters. The van der Waals surface area contributed by atoms with Crippen molar-refractivity contribution in [3.63, 3.8) is 0 Å². The van der Waals surface area contributed by atoms with E-state index in [1.54, 1.807) is 20.1 Å². The number of nitrogens with zero attached hydrogens (tertiary/aromatic N) is 2. The van der Waals surface area contributed by atoms with Gasteiger partial charge in [-0.05, 0) is 18.1 Å². The van der Waals surface area contributed by atoms with Gasteiger partial charge in [0.2, 0.25) is 0 Å². The van der Waals surface area contributed by atoms with Gasteiger partial charge in [0.25, 0.3) is 0 Å². The molecule has 0 bridgehead atoms. The standard InChI is InChI=1S/C16H22N2O3/c1-13(16(19)20)11-18(8-5-9-21-2)12-15-7-4-3-6-14(15)10-17/h3-4,6-7,13H,5,8-9,11-12H2,1-2H3,(H,19,20). The highest BCUT2D eigenvalue weighted by atomic mass is 16.5. The maximum atomic E-state index is 11.0. The number of carboxylic acids is 1. The lowest BCUT2D eigenvalue weighted by Crippen LogP contribution is -2.33. The highest BCUT2D eigenvalue weighted by Gasteiger charge is 2.17. The van der Waals surface area contributed by atoms with Gasteiger partial charge in [0.15, 0.2) is 0 Å². The highest BCUT2D eigenvalue weighted by molar-refractivity contribution is 5.69. The average molecular weight is 290 g/mol. The van der Waals surface area contributed by atoms with Crippen molar-refractivity contribution in [3.8, 4) is 6.07 Å². The number of nitriles is 1. The van der Waals surface area contributed by atoms with Crippen LogP contribution in [0.4, 0.5) is 0 Å². The molecular weight excluding hydrogens is 268 g/mol. The molecule has 1 unspecified atom stereocenters. The number of aliphatic carboxylic acids is 1. The molecule has 0 saturated heterocycles. The number of hydrogen-bond acceptors (Lipinski definition) is 4. The van der Waals surface area contributed by atoms with Gasteiger partial charge in [-0.1, -0.05) is 25.1 Å². The monoisotopic (exact) mass is 290 g/mol. The zero-order valence-corrected chi connectivity index (χ0v) is 12.6.